The van der Waals surface area contributed by atoms with Gasteiger partial charge in [-0.05, 0) is 103 Å². The number of carbonyl (C=O) groups is 1. The number of nitrogens with one attached hydrogen (secondary N) is 1. The summed E-state index contributed by atoms with van der Waals surface area (Å²) in [5, 5.41) is 87.3. The van der Waals surface area contributed by atoms with Gasteiger partial charge < -0.3 is 65.1 Å². The van der Waals surface area contributed by atoms with Crippen molar-refractivity contribution in [3.05, 3.63) is 146 Å². The summed E-state index contributed by atoms with van der Waals surface area (Å²) in [5.74, 6) is -0.256. The van der Waals surface area contributed by atoms with E-state index in [1.165, 1.54) is 77.0 Å². The Morgan fingerprint density at radius 1 is 0.407 bits per heavy atom. The van der Waals surface area contributed by atoms with Gasteiger partial charge in [-0.3, -0.25) is 4.79 Å². The van der Waals surface area contributed by atoms with E-state index >= 15 is 0 Å². The zero-order valence-electron chi connectivity index (χ0n) is 56.3. The molecule has 2 aliphatic heterocycles. The van der Waals surface area contributed by atoms with E-state index in [-0.39, 0.29) is 18.9 Å². The van der Waals surface area contributed by atoms with Crippen LogP contribution < -0.4 is 5.32 Å². The van der Waals surface area contributed by atoms with Gasteiger partial charge in [0.15, 0.2) is 12.6 Å². The van der Waals surface area contributed by atoms with Gasteiger partial charge in [0.05, 0.1) is 32.0 Å². The Morgan fingerprint density at radius 2 is 0.758 bits per heavy atom. The van der Waals surface area contributed by atoms with Gasteiger partial charge in [-0.15, -0.1) is 0 Å². The number of unbranched alkanes of at least 4 members (excludes halogenated alkanes) is 21. The fourth-order valence-corrected chi connectivity index (χ4v) is 10.6. The summed E-state index contributed by atoms with van der Waals surface area (Å²) >= 11 is 0. The van der Waals surface area contributed by atoms with Crippen LogP contribution in [0.15, 0.2) is 146 Å². The molecule has 14 nitrogen and oxygen atoms in total. The number of hydrogen-bond donors (Lipinski definition) is 9. The van der Waals surface area contributed by atoms with Crippen LogP contribution in [0.1, 0.15) is 239 Å². The van der Waals surface area contributed by atoms with Crippen molar-refractivity contribution in [2.45, 2.75) is 312 Å². The molecule has 9 N–H and O–H groups in total. The van der Waals surface area contributed by atoms with Crippen molar-refractivity contribution < 1.29 is 64.6 Å². The minimum absolute atomic E-state index is 0.256. The molecule has 14 heteroatoms. The highest BCUT2D eigenvalue weighted by molar-refractivity contribution is 5.76. The van der Waals surface area contributed by atoms with E-state index in [1.807, 2.05) is 6.08 Å². The predicted octanol–water partition coefficient (Wildman–Crippen LogP) is 14.8. The molecule has 0 aromatic carbocycles. The highest BCUT2D eigenvalue weighted by Crippen LogP contribution is 2.30. The van der Waals surface area contributed by atoms with Gasteiger partial charge in [-0.25, -0.2) is 0 Å². The van der Waals surface area contributed by atoms with Gasteiger partial charge in [-0.1, -0.05) is 275 Å². The average Bonchev–Trinajstić information content (AvgIpc) is 1.24. The first kappa shape index (κ1) is 83.0. The fraction of sp³-hybridized carbons (Fsp3) is 0.675. The normalized spacial score (nSPS) is 23.7. The third-order valence-electron chi connectivity index (χ3n) is 16.3. The van der Waals surface area contributed by atoms with Crippen LogP contribution in [-0.2, 0) is 23.7 Å². The summed E-state index contributed by atoms with van der Waals surface area (Å²) in [4.78, 5) is 13.3. The van der Waals surface area contributed by atoms with Crippen LogP contribution in [0, 0.1) is 0 Å². The smallest absolute Gasteiger partial charge is 0.220 e. The van der Waals surface area contributed by atoms with Crippen molar-refractivity contribution in [2.24, 2.45) is 0 Å². The second kappa shape index (κ2) is 59.6. The number of ether oxygens (including phenoxy) is 4. The van der Waals surface area contributed by atoms with Crippen LogP contribution in [0.25, 0.3) is 0 Å². The Kier molecular flexibility index (Phi) is 54.3. The molecule has 2 fully saturated rings. The highest BCUT2D eigenvalue weighted by atomic mass is 16.7. The predicted molar refractivity (Wildman–Crippen MR) is 373 cm³/mol. The van der Waals surface area contributed by atoms with Crippen LogP contribution >= 0.6 is 0 Å². The van der Waals surface area contributed by atoms with Crippen molar-refractivity contribution in [3.63, 3.8) is 0 Å². The monoisotopic (exact) mass is 1270 g/mol. The lowest BCUT2D eigenvalue weighted by molar-refractivity contribution is -0.359. The molecule has 91 heavy (non-hydrogen) atoms. The van der Waals surface area contributed by atoms with Crippen LogP contribution in [-0.4, -0.2) is 140 Å². The van der Waals surface area contributed by atoms with Gasteiger partial charge in [0.25, 0.3) is 0 Å². The Morgan fingerprint density at radius 3 is 1.16 bits per heavy atom. The molecular formula is C77H127NO13. The molecule has 12 unspecified atom stereocenters. The number of hydrogen-bond acceptors (Lipinski definition) is 13. The van der Waals surface area contributed by atoms with E-state index in [0.717, 1.165) is 135 Å². The van der Waals surface area contributed by atoms with Gasteiger partial charge in [0, 0.05) is 6.42 Å². The maximum atomic E-state index is 13.3. The third-order valence-corrected chi connectivity index (χ3v) is 16.3. The molecule has 518 valence electrons. The summed E-state index contributed by atoms with van der Waals surface area (Å²) in [6.45, 7) is 2.67. The molecule has 0 aromatic rings. The molecule has 2 heterocycles. The minimum Gasteiger partial charge on any atom is -0.394 e. The largest absolute Gasteiger partial charge is 0.394 e. The van der Waals surface area contributed by atoms with Crippen molar-refractivity contribution in [1.82, 2.24) is 5.32 Å². The van der Waals surface area contributed by atoms with Crippen LogP contribution in [0.4, 0.5) is 0 Å². The molecule has 2 aliphatic rings. The van der Waals surface area contributed by atoms with E-state index < -0.39 is 86.8 Å². The molecular weight excluding hydrogens is 1150 g/mol. The standard InChI is InChI=1S/C77H127NO13/c1-3-5-7-9-11-13-15-17-19-21-22-23-24-25-26-27-28-29-30-31-32-33-34-35-36-37-38-39-40-41-42-43-44-45-47-49-51-53-55-57-59-61-69(82)78-65(66(81)60-58-56-54-52-50-48-46-20-18-16-14-12-10-8-6-4-2)64-88-76-74(87)72(85)75(68(63-80)90-76)91-77-73(86)71(84)70(83)67(62-79)89-77/h5,7,11,13,17,19,22-23,25-26,28-29,31-32,34-35,37-38,40-41,43-44,58,60,65-68,70-77,79-81,83-87H,3-4,6,8-10,12,14-16,18,20-21,24,27,30,33,36,39,42,45-57,59,61-64H2,1-2H3,(H,78,82)/b7-5-,13-11-,19-17-,23-22-,26-25-,29-28-,32-31-,35-34-,38-37-,41-40-,44-43-,60-58+. The van der Waals surface area contributed by atoms with Crippen molar-refractivity contribution in [3.8, 4) is 0 Å². The Balaban J connectivity index is 1.64. The molecule has 12 atom stereocenters. The lowest BCUT2D eigenvalue weighted by Crippen LogP contribution is -2.65. The fourth-order valence-electron chi connectivity index (χ4n) is 10.6. The third kappa shape index (κ3) is 43.5. The Hall–Kier alpha value is -4.13. The lowest BCUT2D eigenvalue weighted by atomic mass is 9.97. The van der Waals surface area contributed by atoms with E-state index in [1.54, 1.807) is 6.08 Å². The van der Waals surface area contributed by atoms with Crippen molar-refractivity contribution in [1.29, 1.82) is 0 Å². The Bertz CT molecular complexity index is 2090. The summed E-state index contributed by atoms with van der Waals surface area (Å²) in [5.41, 5.74) is 0. The number of rotatable bonds is 56. The maximum absolute atomic E-state index is 13.3. The van der Waals surface area contributed by atoms with Crippen LogP contribution in [0.5, 0.6) is 0 Å². The number of aliphatic hydroxyl groups excluding tert-OH is 8. The summed E-state index contributed by atoms with van der Waals surface area (Å²) in [6.07, 6.45) is 73.2. The molecule has 0 radical (unpaired) electrons. The zero-order valence-corrected chi connectivity index (χ0v) is 56.3. The number of amides is 1. The Labute approximate surface area is 551 Å². The van der Waals surface area contributed by atoms with E-state index in [4.69, 9.17) is 18.9 Å². The van der Waals surface area contributed by atoms with Gasteiger partial charge >= 0.3 is 0 Å². The lowest BCUT2D eigenvalue weighted by Gasteiger charge is -2.46. The number of allylic oxidation sites excluding steroid dienone is 23. The molecule has 0 aliphatic carbocycles. The minimum atomic E-state index is -1.80. The first-order valence-corrected chi connectivity index (χ1v) is 35.6. The molecule has 2 saturated heterocycles. The van der Waals surface area contributed by atoms with Crippen molar-refractivity contribution >= 4 is 5.91 Å². The summed E-state index contributed by atoms with van der Waals surface area (Å²) in [6, 6.07) is -0.931. The van der Waals surface area contributed by atoms with Gasteiger partial charge in [0.1, 0.15) is 48.8 Å². The number of carbonyl (C=O) groups excluding carboxylic acids is 1. The van der Waals surface area contributed by atoms with Crippen molar-refractivity contribution in [2.75, 3.05) is 19.8 Å². The van der Waals surface area contributed by atoms with Gasteiger partial charge in [-0.2, -0.15) is 0 Å². The van der Waals surface area contributed by atoms with E-state index in [9.17, 15) is 45.6 Å². The zero-order chi connectivity index (χ0) is 65.9. The first-order valence-electron chi connectivity index (χ1n) is 35.6. The molecule has 0 bridgehead atoms. The molecule has 0 aromatic heterocycles. The van der Waals surface area contributed by atoms with Gasteiger partial charge in [0.2, 0.25) is 5.91 Å². The van der Waals surface area contributed by atoms with Crippen LogP contribution in [0.2, 0.25) is 0 Å². The van der Waals surface area contributed by atoms with E-state index in [2.05, 4.69) is 153 Å². The molecule has 0 saturated carbocycles. The van der Waals surface area contributed by atoms with E-state index in [0.29, 0.717) is 6.42 Å². The quantitative estimate of drug-likeness (QED) is 0.0204. The number of aliphatic hydroxyl groups is 8. The average molecular weight is 1270 g/mol. The molecule has 2 rings (SSSR count). The summed E-state index contributed by atoms with van der Waals surface area (Å²) < 4.78 is 22.8. The topological polar surface area (TPSA) is 228 Å². The maximum Gasteiger partial charge on any atom is 0.220 e. The van der Waals surface area contributed by atoms with Crippen LogP contribution in [0.3, 0.4) is 0 Å². The molecule has 0 spiro atoms. The second-order valence-electron chi connectivity index (χ2n) is 24.3. The molecule has 1 amide bonds. The second-order valence-corrected chi connectivity index (χ2v) is 24.3. The highest BCUT2D eigenvalue weighted by Gasteiger charge is 2.51. The SMILES string of the molecule is CC/C=C\C/C=C\C/C=C\C/C=C\C/C=C\C/C=C\C/C=C\C/C=C\C/C=C\C/C=C\C/C=C\CCCCCCCCCC(=O)NC(COC1OC(CO)C(OC2OC(CO)C(O)C(O)C2O)C(O)C1O)C(O)/C=C/CCCCCCCCCCCCCCCC. The summed E-state index contributed by atoms with van der Waals surface area (Å²) in [7, 11) is 0. The first-order chi connectivity index (χ1) is 44.6.